The standard InChI is InChI=1S/C26H38O13/c1-2-3-4-5-7-10-15(29)16(11-8-6-9-12-27)37-26-24(35)22(33)20(31)18(39-26)14-36-25-23(34)21(32)19(30)17(13-28)38-25/h2-3,8,11,15-35H,6,9,12-14H2,1H3/b3-2+,11-8-. The lowest BCUT2D eigenvalue weighted by atomic mass is 9.98. The first-order valence-corrected chi connectivity index (χ1v) is 12.5. The van der Waals surface area contributed by atoms with Gasteiger partial charge >= 0.3 is 0 Å². The van der Waals surface area contributed by atoms with E-state index in [1.807, 2.05) is 0 Å². The van der Waals surface area contributed by atoms with Gasteiger partial charge in [-0.2, -0.15) is 0 Å². The van der Waals surface area contributed by atoms with Gasteiger partial charge in [0.1, 0.15) is 61.0 Å². The molecule has 2 aliphatic rings. The normalized spacial score (nSPS) is 36.7. The monoisotopic (exact) mass is 558 g/mol. The van der Waals surface area contributed by atoms with Gasteiger partial charge in [-0.25, -0.2) is 0 Å². The van der Waals surface area contributed by atoms with E-state index in [0.29, 0.717) is 12.8 Å². The number of hydrogen-bond acceptors (Lipinski definition) is 13. The van der Waals surface area contributed by atoms with Gasteiger partial charge in [0.25, 0.3) is 0 Å². The molecule has 0 saturated carbocycles. The first-order valence-electron chi connectivity index (χ1n) is 12.5. The summed E-state index contributed by atoms with van der Waals surface area (Å²) in [7, 11) is 0. The summed E-state index contributed by atoms with van der Waals surface area (Å²) in [5, 5.41) is 90.1. The molecule has 0 amide bonds. The van der Waals surface area contributed by atoms with E-state index < -0.39 is 86.8 Å². The van der Waals surface area contributed by atoms with Gasteiger partial charge in [-0.05, 0) is 37.7 Å². The van der Waals surface area contributed by atoms with E-state index >= 15 is 0 Å². The molecule has 0 aromatic heterocycles. The topological polar surface area (TPSA) is 219 Å². The van der Waals surface area contributed by atoms with Gasteiger partial charge in [0.2, 0.25) is 0 Å². The van der Waals surface area contributed by atoms with E-state index in [-0.39, 0.29) is 6.61 Å². The third-order valence-electron chi connectivity index (χ3n) is 6.00. The molecule has 2 fully saturated rings. The van der Waals surface area contributed by atoms with Crippen molar-refractivity contribution in [3.63, 3.8) is 0 Å². The minimum atomic E-state index is -1.76. The summed E-state index contributed by atoms with van der Waals surface area (Å²) >= 11 is 0. The van der Waals surface area contributed by atoms with Crippen LogP contribution in [-0.2, 0) is 18.9 Å². The van der Waals surface area contributed by atoms with Gasteiger partial charge in [-0.1, -0.05) is 30.1 Å². The molecule has 0 aliphatic carbocycles. The summed E-state index contributed by atoms with van der Waals surface area (Å²) in [4.78, 5) is 0. The summed E-state index contributed by atoms with van der Waals surface area (Å²) in [6.07, 6.45) is -11.2. The molecule has 12 atom stereocenters. The van der Waals surface area contributed by atoms with Gasteiger partial charge in [-0.3, -0.25) is 0 Å². The first-order chi connectivity index (χ1) is 18.7. The Kier molecular flexibility index (Phi) is 14.5. The number of rotatable bonds is 11. The minimum Gasteiger partial charge on any atom is -0.396 e. The number of allylic oxidation sites excluding steroid dienone is 3. The predicted octanol–water partition coefficient (Wildman–Crippen LogP) is -3.73. The van der Waals surface area contributed by atoms with Crippen LogP contribution in [0.2, 0.25) is 0 Å². The van der Waals surface area contributed by atoms with Gasteiger partial charge in [-0.15, -0.1) is 0 Å². The fourth-order valence-electron chi connectivity index (χ4n) is 3.73. The predicted molar refractivity (Wildman–Crippen MR) is 133 cm³/mol. The van der Waals surface area contributed by atoms with Crippen LogP contribution in [0.25, 0.3) is 0 Å². The first kappa shape index (κ1) is 33.3. The van der Waals surface area contributed by atoms with Crippen molar-refractivity contribution in [2.45, 2.75) is 93.4 Å². The van der Waals surface area contributed by atoms with Crippen molar-refractivity contribution >= 4 is 0 Å². The van der Waals surface area contributed by atoms with Crippen LogP contribution in [0.5, 0.6) is 0 Å². The molecule has 0 spiro atoms. The summed E-state index contributed by atoms with van der Waals surface area (Å²) in [6, 6.07) is 0. The molecule has 0 bridgehead atoms. The number of hydrogen-bond donors (Lipinski definition) is 9. The number of ether oxygens (including phenoxy) is 4. The lowest BCUT2D eigenvalue weighted by Gasteiger charge is -2.43. The maximum absolute atomic E-state index is 10.6. The fourth-order valence-corrected chi connectivity index (χ4v) is 3.73. The van der Waals surface area contributed by atoms with Crippen molar-refractivity contribution in [1.82, 2.24) is 0 Å². The molecule has 9 N–H and O–H groups in total. The van der Waals surface area contributed by atoms with E-state index in [1.165, 1.54) is 6.08 Å². The Morgan fingerprint density at radius 1 is 0.846 bits per heavy atom. The Bertz CT molecular complexity index is 901. The smallest absolute Gasteiger partial charge is 0.187 e. The maximum atomic E-state index is 10.6. The molecule has 12 unspecified atom stereocenters. The number of aliphatic hydroxyl groups is 9. The number of unbranched alkanes of at least 4 members (excludes halogenated alkanes) is 1. The van der Waals surface area contributed by atoms with Crippen LogP contribution in [0, 0.1) is 23.7 Å². The Morgan fingerprint density at radius 3 is 2.13 bits per heavy atom. The van der Waals surface area contributed by atoms with Gasteiger partial charge in [0.05, 0.1) is 13.2 Å². The van der Waals surface area contributed by atoms with Crippen LogP contribution in [0.15, 0.2) is 24.3 Å². The lowest BCUT2D eigenvalue weighted by Crippen LogP contribution is -2.62. The number of aliphatic hydroxyl groups excluding tert-OH is 9. The minimum absolute atomic E-state index is 0.0522. The van der Waals surface area contributed by atoms with Crippen LogP contribution in [0.3, 0.4) is 0 Å². The van der Waals surface area contributed by atoms with E-state index in [4.69, 9.17) is 24.1 Å². The second kappa shape index (κ2) is 17.0. The Labute approximate surface area is 226 Å². The molecule has 2 heterocycles. The second-order valence-electron chi connectivity index (χ2n) is 8.92. The summed E-state index contributed by atoms with van der Waals surface area (Å²) in [5.41, 5.74) is 0. The van der Waals surface area contributed by atoms with E-state index in [1.54, 1.807) is 25.2 Å². The van der Waals surface area contributed by atoms with E-state index in [0.717, 1.165) is 0 Å². The molecule has 0 aromatic carbocycles. The lowest BCUT2D eigenvalue weighted by molar-refractivity contribution is -0.335. The zero-order chi connectivity index (χ0) is 28.9. The van der Waals surface area contributed by atoms with E-state index in [9.17, 15) is 40.9 Å². The van der Waals surface area contributed by atoms with Gasteiger partial charge < -0.3 is 64.9 Å². The van der Waals surface area contributed by atoms with Crippen molar-refractivity contribution in [3.8, 4) is 23.7 Å². The average molecular weight is 559 g/mol. The quantitative estimate of drug-likeness (QED) is 0.0677. The van der Waals surface area contributed by atoms with Crippen LogP contribution in [0.1, 0.15) is 19.8 Å². The average Bonchev–Trinajstić information content (AvgIpc) is 2.93. The maximum Gasteiger partial charge on any atom is 0.187 e. The largest absolute Gasteiger partial charge is 0.396 e. The van der Waals surface area contributed by atoms with Crippen LogP contribution < -0.4 is 0 Å². The summed E-state index contributed by atoms with van der Waals surface area (Å²) in [6.45, 7) is 0.519. The highest BCUT2D eigenvalue weighted by atomic mass is 16.7. The summed E-state index contributed by atoms with van der Waals surface area (Å²) in [5.74, 6) is 10.1. The molecule has 0 radical (unpaired) electrons. The molecule has 13 heteroatoms. The molecule has 13 nitrogen and oxygen atoms in total. The Balaban J connectivity index is 2.13. The Morgan fingerprint density at radius 2 is 1.49 bits per heavy atom. The van der Waals surface area contributed by atoms with Crippen LogP contribution in [-0.4, -0.2) is 139 Å². The molecular formula is C26H38O13. The molecule has 2 saturated heterocycles. The molecule has 220 valence electrons. The Hall–Kier alpha value is -1.92. The van der Waals surface area contributed by atoms with Crippen molar-refractivity contribution in [2.75, 3.05) is 19.8 Å². The van der Waals surface area contributed by atoms with Crippen LogP contribution >= 0.6 is 0 Å². The summed E-state index contributed by atoms with van der Waals surface area (Å²) < 4.78 is 22.0. The fraction of sp³-hybridized carbons (Fsp3) is 0.692. The van der Waals surface area contributed by atoms with Crippen molar-refractivity contribution < 1.29 is 64.9 Å². The van der Waals surface area contributed by atoms with Crippen molar-refractivity contribution in [3.05, 3.63) is 24.3 Å². The zero-order valence-electron chi connectivity index (χ0n) is 21.4. The van der Waals surface area contributed by atoms with E-state index in [2.05, 4.69) is 23.7 Å². The molecular weight excluding hydrogens is 520 g/mol. The van der Waals surface area contributed by atoms with Crippen LogP contribution in [0.4, 0.5) is 0 Å². The third kappa shape index (κ3) is 9.60. The SMILES string of the molecule is C/C=C/C#CC#CC(O)C(/C=C\CCCO)OC1OC(COC2OC(CO)C(O)C(O)C2O)C(O)C(O)C1O. The molecule has 39 heavy (non-hydrogen) atoms. The van der Waals surface area contributed by atoms with Crippen molar-refractivity contribution in [1.29, 1.82) is 0 Å². The highest BCUT2D eigenvalue weighted by Gasteiger charge is 2.48. The molecule has 2 aliphatic heterocycles. The highest BCUT2D eigenvalue weighted by Crippen LogP contribution is 2.27. The zero-order valence-corrected chi connectivity index (χ0v) is 21.4. The highest BCUT2D eigenvalue weighted by molar-refractivity contribution is 5.32. The van der Waals surface area contributed by atoms with Crippen molar-refractivity contribution in [2.24, 2.45) is 0 Å². The second-order valence-corrected chi connectivity index (χ2v) is 8.92. The third-order valence-corrected chi connectivity index (χ3v) is 6.00. The molecule has 2 rings (SSSR count). The van der Waals surface area contributed by atoms with Gasteiger partial charge in [0.15, 0.2) is 12.6 Å². The molecule has 0 aromatic rings. The van der Waals surface area contributed by atoms with Gasteiger partial charge in [0, 0.05) is 6.61 Å².